The number of carbonyl (C=O) groups excluding carboxylic acids is 1. The van der Waals surface area contributed by atoms with Crippen LogP contribution in [0.2, 0.25) is 0 Å². The van der Waals surface area contributed by atoms with Gasteiger partial charge in [-0.05, 0) is 19.1 Å². The minimum Gasteiger partial charge on any atom is -0.466 e. The zero-order valence-corrected chi connectivity index (χ0v) is 7.41. The maximum Gasteiger partial charge on any atom is 0.251 e. The Morgan fingerprint density at radius 3 is 2.85 bits per heavy atom. The van der Waals surface area contributed by atoms with E-state index in [2.05, 4.69) is 0 Å². The van der Waals surface area contributed by atoms with Gasteiger partial charge in [-0.15, -0.1) is 0 Å². The molecule has 0 fully saturated rings. The van der Waals surface area contributed by atoms with Gasteiger partial charge in [0.15, 0.2) is 0 Å². The topological polar surface area (TPSA) is 94.3 Å². The molecule has 5 N–H and O–H groups in total. The van der Waals surface area contributed by atoms with Crippen molar-refractivity contribution in [1.29, 1.82) is 0 Å². The first-order valence-electron chi connectivity index (χ1n) is 3.95. The highest BCUT2D eigenvalue weighted by molar-refractivity contribution is 5.81. The summed E-state index contributed by atoms with van der Waals surface area (Å²) in [6.07, 6.45) is 0.358. The maximum atomic E-state index is 10.9. The number of hydrogen-bond acceptors (Lipinski definition) is 4. The summed E-state index contributed by atoms with van der Waals surface area (Å²) in [7, 11) is 0. The summed E-state index contributed by atoms with van der Waals surface area (Å²) in [5, 5.41) is 0. The summed E-state index contributed by atoms with van der Waals surface area (Å²) >= 11 is 0. The van der Waals surface area contributed by atoms with Crippen LogP contribution in [0.15, 0.2) is 16.5 Å². The lowest BCUT2D eigenvalue weighted by Gasteiger charge is -2.06. The van der Waals surface area contributed by atoms with Gasteiger partial charge in [-0.25, -0.2) is 5.84 Å². The lowest BCUT2D eigenvalue weighted by atomic mass is 10.2. The normalized spacial score (nSPS) is 12.5. The molecule has 1 heterocycles. The quantitative estimate of drug-likeness (QED) is 0.333. The average molecular weight is 183 g/mol. The number of hydrogen-bond donors (Lipinski definition) is 3. The first kappa shape index (κ1) is 9.76. The Kier molecular flexibility index (Phi) is 3.05. The van der Waals surface area contributed by atoms with Gasteiger partial charge < -0.3 is 10.2 Å². The fourth-order valence-electron chi connectivity index (χ4n) is 1.01. The number of aryl methyl sites for hydroxylation is 1. The van der Waals surface area contributed by atoms with Crippen molar-refractivity contribution in [3.63, 3.8) is 0 Å². The van der Waals surface area contributed by atoms with Gasteiger partial charge in [0, 0.05) is 6.42 Å². The monoisotopic (exact) mass is 183 g/mol. The van der Waals surface area contributed by atoms with Crippen LogP contribution >= 0.6 is 0 Å². The molecule has 0 spiro atoms. The van der Waals surface area contributed by atoms with Crippen LogP contribution in [0.25, 0.3) is 0 Å². The fourth-order valence-corrected chi connectivity index (χ4v) is 1.01. The van der Waals surface area contributed by atoms with Crippen LogP contribution in [-0.4, -0.2) is 11.9 Å². The molecule has 72 valence electrons. The molecular formula is C8H13N3O2. The van der Waals surface area contributed by atoms with Gasteiger partial charge in [0.2, 0.25) is 0 Å². The second kappa shape index (κ2) is 4.06. The second-order valence-electron chi connectivity index (χ2n) is 2.83. The number of furan rings is 1. The van der Waals surface area contributed by atoms with Crippen LogP contribution in [-0.2, 0) is 11.2 Å². The van der Waals surface area contributed by atoms with E-state index in [4.69, 9.17) is 16.0 Å². The van der Waals surface area contributed by atoms with E-state index in [0.717, 1.165) is 5.76 Å². The third-order valence-electron chi connectivity index (χ3n) is 1.70. The van der Waals surface area contributed by atoms with Gasteiger partial charge in [-0.1, -0.05) is 0 Å². The highest BCUT2D eigenvalue weighted by Crippen LogP contribution is 2.07. The average Bonchev–Trinajstić information content (AvgIpc) is 2.49. The van der Waals surface area contributed by atoms with E-state index in [-0.39, 0.29) is 0 Å². The number of nitrogens with one attached hydrogen (secondary N) is 1. The molecule has 1 unspecified atom stereocenters. The van der Waals surface area contributed by atoms with Gasteiger partial charge in [-0.2, -0.15) is 0 Å². The molecule has 5 heteroatoms. The van der Waals surface area contributed by atoms with E-state index in [1.165, 1.54) is 0 Å². The summed E-state index contributed by atoms with van der Waals surface area (Å²) < 4.78 is 5.25. The molecule has 1 rings (SSSR count). The lowest BCUT2D eigenvalue weighted by Crippen LogP contribution is -2.45. The molecular weight excluding hydrogens is 170 g/mol. The third kappa shape index (κ3) is 2.57. The summed E-state index contributed by atoms with van der Waals surface area (Å²) in [5.41, 5.74) is 7.50. The van der Waals surface area contributed by atoms with Crippen molar-refractivity contribution in [3.05, 3.63) is 23.7 Å². The maximum absolute atomic E-state index is 10.9. The van der Waals surface area contributed by atoms with Crippen LogP contribution in [0, 0.1) is 6.92 Å². The van der Waals surface area contributed by atoms with Crippen LogP contribution in [0.1, 0.15) is 11.5 Å². The first-order chi connectivity index (χ1) is 6.13. The fraction of sp³-hybridized carbons (Fsp3) is 0.375. The van der Waals surface area contributed by atoms with E-state index >= 15 is 0 Å². The van der Waals surface area contributed by atoms with Crippen molar-refractivity contribution in [2.24, 2.45) is 11.6 Å². The molecule has 1 aromatic heterocycles. The molecule has 5 nitrogen and oxygen atoms in total. The molecule has 0 aromatic carbocycles. The number of amides is 1. The molecule has 0 saturated carbocycles. The molecule has 1 atom stereocenters. The molecule has 0 aliphatic heterocycles. The minimum atomic E-state index is -0.657. The van der Waals surface area contributed by atoms with Crippen molar-refractivity contribution in [1.82, 2.24) is 5.43 Å². The van der Waals surface area contributed by atoms with Gasteiger partial charge >= 0.3 is 0 Å². The van der Waals surface area contributed by atoms with Crippen LogP contribution in [0.5, 0.6) is 0 Å². The Hall–Kier alpha value is -1.33. The lowest BCUT2D eigenvalue weighted by molar-refractivity contribution is -0.122. The van der Waals surface area contributed by atoms with Gasteiger partial charge in [0.05, 0.1) is 6.04 Å². The smallest absolute Gasteiger partial charge is 0.251 e. The zero-order chi connectivity index (χ0) is 9.84. The predicted molar refractivity (Wildman–Crippen MR) is 47.5 cm³/mol. The molecule has 0 saturated heterocycles. The Morgan fingerprint density at radius 2 is 2.38 bits per heavy atom. The van der Waals surface area contributed by atoms with Crippen LogP contribution in [0.4, 0.5) is 0 Å². The van der Waals surface area contributed by atoms with Crippen LogP contribution < -0.4 is 17.0 Å². The highest BCUT2D eigenvalue weighted by Gasteiger charge is 2.14. The molecule has 1 amide bonds. The van der Waals surface area contributed by atoms with Crippen molar-refractivity contribution in [2.75, 3.05) is 0 Å². The van der Waals surface area contributed by atoms with Crippen molar-refractivity contribution in [3.8, 4) is 0 Å². The second-order valence-corrected chi connectivity index (χ2v) is 2.83. The number of hydrazine groups is 1. The molecule has 0 radical (unpaired) electrons. The summed E-state index contributed by atoms with van der Waals surface area (Å²) in [4.78, 5) is 10.9. The molecule has 13 heavy (non-hydrogen) atoms. The molecule has 0 bridgehead atoms. The molecule has 0 aliphatic rings. The van der Waals surface area contributed by atoms with E-state index in [1.807, 2.05) is 18.4 Å². The summed E-state index contributed by atoms with van der Waals surface area (Å²) in [6, 6.07) is 2.96. The minimum absolute atomic E-state index is 0.358. The number of rotatable bonds is 3. The SMILES string of the molecule is Cc1ccc(CC(N)C(=O)NN)o1. The molecule has 1 aromatic rings. The van der Waals surface area contributed by atoms with E-state index < -0.39 is 11.9 Å². The summed E-state index contributed by atoms with van der Waals surface area (Å²) in [5.74, 6) is 6.02. The van der Waals surface area contributed by atoms with E-state index in [9.17, 15) is 4.79 Å². The van der Waals surface area contributed by atoms with Gasteiger partial charge in [0.1, 0.15) is 11.5 Å². The Balaban J connectivity index is 2.54. The summed E-state index contributed by atoms with van der Waals surface area (Å²) in [6.45, 7) is 1.83. The van der Waals surface area contributed by atoms with E-state index in [0.29, 0.717) is 12.2 Å². The predicted octanol–water partition coefficient (Wildman–Crippen LogP) is -0.552. The molecule has 0 aliphatic carbocycles. The Labute approximate surface area is 76.0 Å². The third-order valence-corrected chi connectivity index (χ3v) is 1.70. The zero-order valence-electron chi connectivity index (χ0n) is 7.41. The standard InChI is InChI=1S/C8H13N3O2/c1-5-2-3-6(13-5)4-7(9)8(12)11-10/h2-3,7H,4,9-10H2,1H3,(H,11,12). The highest BCUT2D eigenvalue weighted by atomic mass is 16.3. The van der Waals surface area contributed by atoms with Crippen LogP contribution in [0.3, 0.4) is 0 Å². The van der Waals surface area contributed by atoms with Crippen molar-refractivity contribution < 1.29 is 9.21 Å². The van der Waals surface area contributed by atoms with Gasteiger partial charge in [-0.3, -0.25) is 10.2 Å². The number of carbonyl (C=O) groups is 1. The Bertz CT molecular complexity index is 295. The van der Waals surface area contributed by atoms with Crippen molar-refractivity contribution in [2.45, 2.75) is 19.4 Å². The van der Waals surface area contributed by atoms with E-state index in [1.54, 1.807) is 6.07 Å². The Morgan fingerprint density at radius 1 is 1.69 bits per heavy atom. The largest absolute Gasteiger partial charge is 0.466 e. The first-order valence-corrected chi connectivity index (χ1v) is 3.95. The number of nitrogens with two attached hydrogens (primary N) is 2. The van der Waals surface area contributed by atoms with Crippen molar-refractivity contribution >= 4 is 5.91 Å². The van der Waals surface area contributed by atoms with Gasteiger partial charge in [0.25, 0.3) is 5.91 Å².